The number of hydrogen-bond donors (Lipinski definition) is 0. The maximum atomic E-state index is 12.9. The Morgan fingerprint density at radius 1 is 0.656 bits per heavy atom. The fourth-order valence-electron chi connectivity index (χ4n) is 4.37. The molecule has 0 aromatic heterocycles. The molecule has 0 aliphatic carbocycles. The van der Waals surface area contributed by atoms with Crippen LogP contribution in [0, 0.1) is 0 Å². The number of Topliss-reactive ketones (excluding diaryl/α,β-unsaturated/α-hetero) is 1. The van der Waals surface area contributed by atoms with Crippen LogP contribution in [0.2, 0.25) is 5.02 Å². The van der Waals surface area contributed by atoms with Gasteiger partial charge in [-0.2, -0.15) is 0 Å². The van der Waals surface area contributed by atoms with Gasteiger partial charge in [-0.05, 0) is 0 Å². The van der Waals surface area contributed by atoms with Crippen LogP contribution in [0.5, 0.6) is 0 Å². The van der Waals surface area contributed by atoms with E-state index in [-0.39, 0.29) is 5.78 Å². The molecule has 0 spiro atoms. The fourth-order valence-corrected chi connectivity index (χ4v) is 13.2. The zero-order chi connectivity index (χ0) is 22.5. The molecular formula is C28H25ClIOP. The van der Waals surface area contributed by atoms with Crippen LogP contribution in [-0.2, 0) is 0 Å². The van der Waals surface area contributed by atoms with Crippen LogP contribution in [0.25, 0.3) is 0 Å². The van der Waals surface area contributed by atoms with Gasteiger partial charge in [0.1, 0.15) is 0 Å². The van der Waals surface area contributed by atoms with Crippen molar-refractivity contribution in [1.82, 2.24) is 0 Å². The quantitative estimate of drug-likeness (QED) is 0.125. The molecule has 1 nitrogen and oxygen atoms in total. The Morgan fingerprint density at radius 3 is 1.47 bits per heavy atom. The first-order valence-electron chi connectivity index (χ1n) is 10.7. The molecule has 0 aliphatic rings. The van der Waals surface area contributed by atoms with Crippen molar-refractivity contribution in [3.05, 3.63) is 126 Å². The van der Waals surface area contributed by atoms with Gasteiger partial charge in [-0.3, -0.25) is 0 Å². The molecule has 4 aromatic carbocycles. The summed E-state index contributed by atoms with van der Waals surface area (Å²) in [6, 6.07) is 39.7. The summed E-state index contributed by atoms with van der Waals surface area (Å²) >= 11 is 8.77. The molecule has 4 rings (SSSR count). The first-order chi connectivity index (χ1) is 15.5. The molecule has 0 bridgehead atoms. The average Bonchev–Trinajstić information content (AvgIpc) is 2.86. The van der Waals surface area contributed by atoms with Gasteiger partial charge < -0.3 is 0 Å². The van der Waals surface area contributed by atoms with Crippen molar-refractivity contribution >= 4 is 59.6 Å². The normalized spacial score (nSPS) is 12.6. The maximum absolute atomic E-state index is 12.9. The van der Waals surface area contributed by atoms with E-state index in [1.165, 1.54) is 15.9 Å². The van der Waals surface area contributed by atoms with E-state index in [1.807, 2.05) is 12.1 Å². The first-order valence-corrected chi connectivity index (χ1v) is 16.3. The standard InChI is InChI=1S/C28H25ClIOP/c29-24-20-18-23(19-21-24)28(31)17-10-22-32(30,25-11-4-1-5-12-25,26-13-6-2-7-14-26)27-15-8-3-9-16-27/h1-9,11-16,18-21H,10,17,22H2. The van der Waals surface area contributed by atoms with Crippen molar-refractivity contribution in [3.63, 3.8) is 0 Å². The second-order valence-corrected chi connectivity index (χ2v) is 19.1. The summed E-state index contributed by atoms with van der Waals surface area (Å²) in [5.41, 5.74) is 0.724. The van der Waals surface area contributed by atoms with Crippen LogP contribution in [0.3, 0.4) is 0 Å². The fraction of sp³-hybridized carbons (Fsp3) is 0.107. The Kier molecular flexibility index (Phi) is 7.14. The van der Waals surface area contributed by atoms with Gasteiger partial charge >= 0.3 is 209 Å². The van der Waals surface area contributed by atoms with Crippen molar-refractivity contribution in [2.75, 3.05) is 6.16 Å². The molecule has 0 N–H and O–H groups in total. The molecular weight excluding hydrogens is 546 g/mol. The Balaban J connectivity index is 1.77. The van der Waals surface area contributed by atoms with Gasteiger partial charge in [0.15, 0.2) is 0 Å². The number of benzene rings is 4. The molecule has 0 saturated carbocycles. The van der Waals surface area contributed by atoms with Crippen molar-refractivity contribution in [2.45, 2.75) is 12.8 Å². The molecule has 0 fully saturated rings. The number of halogens is 2. The van der Waals surface area contributed by atoms with E-state index in [0.717, 1.165) is 18.1 Å². The van der Waals surface area contributed by atoms with Gasteiger partial charge in [0.25, 0.3) is 0 Å². The Morgan fingerprint density at radius 2 is 1.06 bits per heavy atom. The van der Waals surface area contributed by atoms with E-state index >= 15 is 0 Å². The summed E-state index contributed by atoms with van der Waals surface area (Å²) in [6.07, 6.45) is 2.24. The van der Waals surface area contributed by atoms with Crippen molar-refractivity contribution in [1.29, 1.82) is 0 Å². The van der Waals surface area contributed by atoms with Crippen molar-refractivity contribution in [2.24, 2.45) is 0 Å². The Hall–Kier alpha value is -2.00. The third kappa shape index (κ3) is 4.41. The van der Waals surface area contributed by atoms with Gasteiger partial charge in [-0.25, -0.2) is 0 Å². The van der Waals surface area contributed by atoms with Crippen LogP contribution in [0.4, 0.5) is 0 Å². The minimum absolute atomic E-state index is 0.164. The van der Waals surface area contributed by atoms with E-state index in [2.05, 4.69) is 113 Å². The Bertz CT molecular complexity index is 1080. The molecule has 162 valence electrons. The van der Waals surface area contributed by atoms with E-state index < -0.39 is 4.25 Å². The third-order valence-corrected chi connectivity index (χ3v) is 18.0. The van der Waals surface area contributed by atoms with Crippen LogP contribution in [0.15, 0.2) is 115 Å². The molecule has 0 heterocycles. The molecule has 0 unspecified atom stereocenters. The number of ketones is 1. The van der Waals surface area contributed by atoms with E-state index in [0.29, 0.717) is 11.4 Å². The van der Waals surface area contributed by atoms with E-state index in [4.69, 9.17) is 11.6 Å². The average molecular weight is 571 g/mol. The first kappa shape index (κ1) is 23.2. The second kappa shape index (κ2) is 9.87. The summed E-state index contributed by atoms with van der Waals surface area (Å²) in [6.45, 7) is 0. The van der Waals surface area contributed by atoms with E-state index in [1.54, 1.807) is 12.1 Å². The molecule has 4 aromatic rings. The van der Waals surface area contributed by atoms with Gasteiger partial charge in [-0.15, -0.1) is 0 Å². The van der Waals surface area contributed by atoms with Crippen molar-refractivity contribution in [3.8, 4) is 0 Å². The summed E-state index contributed by atoms with van der Waals surface area (Å²) in [7, 11) is 0. The minimum atomic E-state index is -2.82. The van der Waals surface area contributed by atoms with Crippen LogP contribution < -0.4 is 15.9 Å². The molecule has 0 aliphatic heterocycles. The summed E-state index contributed by atoms with van der Waals surface area (Å²) in [5.74, 6) is 0.164. The van der Waals surface area contributed by atoms with Gasteiger partial charge in [0.05, 0.1) is 0 Å². The SMILES string of the molecule is O=C(CCCP(I)(c1ccccc1)(c1ccccc1)c1ccccc1)c1ccc(Cl)cc1. The van der Waals surface area contributed by atoms with E-state index in [9.17, 15) is 4.79 Å². The van der Waals surface area contributed by atoms with Gasteiger partial charge in [0, 0.05) is 0 Å². The molecule has 4 heteroatoms. The molecule has 32 heavy (non-hydrogen) atoms. The number of carbonyl (C=O) groups is 1. The summed E-state index contributed by atoms with van der Waals surface area (Å²) < 4.78 is -2.82. The molecule has 0 amide bonds. The number of carbonyl (C=O) groups excluding carboxylic acids is 1. The summed E-state index contributed by atoms with van der Waals surface area (Å²) in [4.78, 5) is 12.9. The molecule has 0 saturated heterocycles. The van der Waals surface area contributed by atoms with Gasteiger partial charge in [-0.1, -0.05) is 0 Å². The summed E-state index contributed by atoms with van der Waals surface area (Å²) in [5, 5.41) is 4.68. The second-order valence-electron chi connectivity index (χ2n) is 7.95. The van der Waals surface area contributed by atoms with Crippen LogP contribution in [-0.4, -0.2) is 11.9 Å². The predicted octanol–water partition coefficient (Wildman–Crippen LogP) is 7.18. The number of hydrogen-bond acceptors (Lipinski definition) is 1. The van der Waals surface area contributed by atoms with Crippen LogP contribution >= 0.6 is 37.9 Å². The predicted molar refractivity (Wildman–Crippen MR) is 149 cm³/mol. The van der Waals surface area contributed by atoms with Gasteiger partial charge in [0.2, 0.25) is 0 Å². The molecule has 0 atom stereocenters. The zero-order valence-electron chi connectivity index (χ0n) is 17.7. The van der Waals surface area contributed by atoms with Crippen LogP contribution in [0.1, 0.15) is 23.2 Å². The Labute approximate surface area is 208 Å². The third-order valence-electron chi connectivity index (χ3n) is 6.03. The number of rotatable bonds is 8. The molecule has 0 radical (unpaired) electrons. The topological polar surface area (TPSA) is 17.1 Å². The van der Waals surface area contributed by atoms with Crippen molar-refractivity contribution < 1.29 is 4.79 Å². The monoisotopic (exact) mass is 570 g/mol. The zero-order valence-corrected chi connectivity index (χ0v) is 21.5.